The summed E-state index contributed by atoms with van der Waals surface area (Å²) in [5.41, 5.74) is 3.47. The van der Waals surface area contributed by atoms with Crippen LogP contribution in [0.15, 0.2) is 42.9 Å². The number of aromatic nitrogens is 4. The van der Waals surface area contributed by atoms with Crippen LogP contribution in [0.25, 0.3) is 21.6 Å². The zero-order chi connectivity index (χ0) is 21.4. The molecule has 0 amide bonds. The first kappa shape index (κ1) is 18.5. The van der Waals surface area contributed by atoms with Gasteiger partial charge >= 0.3 is 0 Å². The molecular formula is C22H14FN7O. The quantitative estimate of drug-likeness (QED) is 0.512. The highest BCUT2D eigenvalue weighted by molar-refractivity contribution is 5.79. The van der Waals surface area contributed by atoms with Crippen LogP contribution in [-0.2, 0) is 13.0 Å². The molecule has 150 valence electrons. The van der Waals surface area contributed by atoms with Crippen LogP contribution >= 0.6 is 0 Å². The number of hydrogen-bond donors (Lipinski definition) is 1. The Morgan fingerprint density at radius 1 is 1.32 bits per heavy atom. The minimum absolute atomic E-state index is 0.205. The second-order valence-electron chi connectivity index (χ2n) is 6.90. The van der Waals surface area contributed by atoms with Crippen LogP contribution in [0.3, 0.4) is 0 Å². The van der Waals surface area contributed by atoms with Crippen LogP contribution in [0.1, 0.15) is 16.8 Å². The molecule has 8 nitrogen and oxygen atoms in total. The fourth-order valence-corrected chi connectivity index (χ4v) is 3.69. The number of imidazole rings is 1. The van der Waals surface area contributed by atoms with Crippen molar-refractivity contribution in [3.8, 4) is 22.9 Å². The molecule has 1 aliphatic rings. The summed E-state index contributed by atoms with van der Waals surface area (Å²) in [4.78, 5) is 16.2. The maximum absolute atomic E-state index is 14.5. The maximum Gasteiger partial charge on any atom is 0.270 e. The van der Waals surface area contributed by atoms with Crippen molar-refractivity contribution in [2.24, 2.45) is 0 Å². The number of fused-ring (bicyclic) bond motifs is 2. The zero-order valence-electron chi connectivity index (χ0n) is 16.1. The van der Waals surface area contributed by atoms with E-state index in [0.29, 0.717) is 47.1 Å². The Labute approximate surface area is 176 Å². The number of rotatable bonds is 4. The molecule has 0 fully saturated rings. The summed E-state index contributed by atoms with van der Waals surface area (Å²) < 4.78 is 21.7. The average molecular weight is 411 g/mol. The Hall–Kier alpha value is -4.50. The van der Waals surface area contributed by atoms with Gasteiger partial charge in [0.05, 0.1) is 12.8 Å². The Kier molecular flexibility index (Phi) is 4.42. The van der Waals surface area contributed by atoms with E-state index in [9.17, 15) is 9.65 Å². The number of nitrogens with one attached hydrogen (secondary N) is 1. The Balaban J connectivity index is 1.56. The summed E-state index contributed by atoms with van der Waals surface area (Å²) in [5, 5.41) is 12.5. The highest BCUT2D eigenvalue weighted by Crippen LogP contribution is 2.31. The molecule has 0 unspecified atom stereocenters. The Morgan fingerprint density at radius 3 is 3.06 bits per heavy atom. The van der Waals surface area contributed by atoms with E-state index in [0.717, 1.165) is 5.56 Å². The van der Waals surface area contributed by atoms with Gasteiger partial charge in [-0.05, 0) is 29.8 Å². The molecule has 0 spiro atoms. The van der Waals surface area contributed by atoms with E-state index >= 15 is 0 Å². The van der Waals surface area contributed by atoms with Crippen molar-refractivity contribution in [3.63, 3.8) is 0 Å². The molecule has 0 saturated heterocycles. The average Bonchev–Trinajstić information content (AvgIpc) is 3.45. The number of anilines is 1. The molecule has 1 aromatic carbocycles. The van der Waals surface area contributed by atoms with E-state index in [4.69, 9.17) is 11.3 Å². The standard InChI is InChI=1S/C22H14FN7O/c1-25-20-8-13(4-6-26-20)16-10-27-22(30-12-14(9-24)29-21(16)30)28-11-17-15-5-7-31-19(15)3-2-18(17)23/h2-4,6,8,10,12H,5,7,11H2,(H,27,28). The molecule has 0 atom stereocenters. The lowest BCUT2D eigenvalue weighted by Gasteiger charge is -2.13. The van der Waals surface area contributed by atoms with E-state index in [1.165, 1.54) is 6.07 Å². The van der Waals surface area contributed by atoms with Gasteiger partial charge < -0.3 is 14.9 Å². The molecule has 3 aromatic heterocycles. The normalized spacial score (nSPS) is 12.1. The van der Waals surface area contributed by atoms with Crippen LogP contribution < -0.4 is 10.1 Å². The lowest BCUT2D eigenvalue weighted by Crippen LogP contribution is -2.09. The fraction of sp³-hybridized carbons (Fsp3) is 0.136. The third-order valence-electron chi connectivity index (χ3n) is 5.14. The number of nitrogens with zero attached hydrogens (tertiary/aromatic N) is 6. The molecule has 0 bridgehead atoms. The van der Waals surface area contributed by atoms with E-state index in [2.05, 4.69) is 25.1 Å². The number of hydrogen-bond acceptors (Lipinski definition) is 6. The largest absolute Gasteiger partial charge is 0.493 e. The molecule has 0 saturated carbocycles. The predicted octanol–water partition coefficient (Wildman–Crippen LogP) is 3.90. The molecule has 0 radical (unpaired) electrons. The number of benzene rings is 1. The molecule has 0 aliphatic carbocycles. The molecule has 4 heterocycles. The minimum atomic E-state index is -0.309. The van der Waals surface area contributed by atoms with Crippen molar-refractivity contribution >= 4 is 17.4 Å². The van der Waals surface area contributed by atoms with Crippen molar-refractivity contribution in [1.82, 2.24) is 19.4 Å². The van der Waals surface area contributed by atoms with E-state index in [1.54, 1.807) is 41.2 Å². The Morgan fingerprint density at radius 2 is 2.23 bits per heavy atom. The summed E-state index contributed by atoms with van der Waals surface area (Å²) in [6.45, 7) is 7.92. The van der Waals surface area contributed by atoms with Crippen LogP contribution in [0.5, 0.6) is 5.75 Å². The van der Waals surface area contributed by atoms with Gasteiger partial charge in [0.1, 0.15) is 23.8 Å². The van der Waals surface area contributed by atoms with Gasteiger partial charge in [-0.2, -0.15) is 5.26 Å². The van der Waals surface area contributed by atoms with Crippen LogP contribution in [0.4, 0.5) is 16.2 Å². The summed E-state index contributed by atoms with van der Waals surface area (Å²) in [7, 11) is 0. The molecule has 1 aliphatic heterocycles. The summed E-state index contributed by atoms with van der Waals surface area (Å²) in [6, 6.07) is 8.47. The minimum Gasteiger partial charge on any atom is -0.493 e. The first-order valence-corrected chi connectivity index (χ1v) is 9.47. The van der Waals surface area contributed by atoms with Gasteiger partial charge in [0.25, 0.3) is 5.82 Å². The maximum atomic E-state index is 14.5. The smallest absolute Gasteiger partial charge is 0.270 e. The van der Waals surface area contributed by atoms with Crippen molar-refractivity contribution < 1.29 is 9.13 Å². The van der Waals surface area contributed by atoms with Gasteiger partial charge in [-0.25, -0.2) is 14.4 Å². The van der Waals surface area contributed by atoms with Gasteiger partial charge in [0.15, 0.2) is 11.3 Å². The van der Waals surface area contributed by atoms with Crippen molar-refractivity contribution in [2.45, 2.75) is 13.0 Å². The summed E-state index contributed by atoms with van der Waals surface area (Å²) in [5.74, 6) is 1.06. The van der Waals surface area contributed by atoms with Gasteiger partial charge in [0, 0.05) is 35.9 Å². The van der Waals surface area contributed by atoms with Crippen molar-refractivity contribution in [2.75, 3.05) is 11.9 Å². The first-order chi connectivity index (χ1) is 15.2. The fourth-order valence-electron chi connectivity index (χ4n) is 3.69. The number of nitriles is 1. The van der Waals surface area contributed by atoms with Gasteiger partial charge in [-0.3, -0.25) is 4.40 Å². The molecule has 4 aromatic rings. The number of pyridine rings is 1. The third-order valence-corrected chi connectivity index (χ3v) is 5.14. The summed E-state index contributed by atoms with van der Waals surface area (Å²) in [6.07, 6.45) is 5.38. The molecule has 31 heavy (non-hydrogen) atoms. The molecular weight excluding hydrogens is 397 g/mol. The summed E-state index contributed by atoms with van der Waals surface area (Å²) >= 11 is 0. The third kappa shape index (κ3) is 3.18. The monoisotopic (exact) mass is 411 g/mol. The SMILES string of the molecule is [C-]#[N+]c1cc(-c2cnc(NCc3c(F)ccc4c3CCO4)n3cc(C#N)nc23)ccn1. The van der Waals surface area contributed by atoms with Gasteiger partial charge in [0.2, 0.25) is 5.95 Å². The number of halogens is 1. The van der Waals surface area contributed by atoms with E-state index < -0.39 is 0 Å². The lowest BCUT2D eigenvalue weighted by molar-refractivity contribution is 0.356. The van der Waals surface area contributed by atoms with Crippen LogP contribution in [0, 0.1) is 23.7 Å². The van der Waals surface area contributed by atoms with E-state index in [1.807, 2.05) is 6.07 Å². The van der Waals surface area contributed by atoms with Gasteiger partial charge in [-0.1, -0.05) is 6.57 Å². The highest BCUT2D eigenvalue weighted by Gasteiger charge is 2.20. The van der Waals surface area contributed by atoms with Crippen molar-refractivity contribution in [3.05, 3.63) is 76.9 Å². The van der Waals surface area contributed by atoms with E-state index in [-0.39, 0.29) is 23.9 Å². The Bertz CT molecular complexity index is 1410. The molecule has 9 heteroatoms. The van der Waals surface area contributed by atoms with Crippen LogP contribution in [0.2, 0.25) is 0 Å². The van der Waals surface area contributed by atoms with Gasteiger partial charge in [-0.15, -0.1) is 4.98 Å². The second-order valence-corrected chi connectivity index (χ2v) is 6.90. The number of ether oxygens (including phenoxy) is 1. The topological polar surface area (TPSA) is 92.5 Å². The lowest BCUT2D eigenvalue weighted by atomic mass is 10.0. The second kappa shape index (κ2) is 7.39. The predicted molar refractivity (Wildman–Crippen MR) is 110 cm³/mol. The highest BCUT2D eigenvalue weighted by atomic mass is 19.1. The molecule has 1 N–H and O–H groups in total. The first-order valence-electron chi connectivity index (χ1n) is 9.47. The molecule has 5 rings (SSSR count). The van der Waals surface area contributed by atoms with Crippen molar-refractivity contribution in [1.29, 1.82) is 5.26 Å². The zero-order valence-corrected chi connectivity index (χ0v) is 16.1. The van der Waals surface area contributed by atoms with Crippen LogP contribution in [-0.4, -0.2) is 26.0 Å².